The van der Waals surface area contributed by atoms with E-state index in [4.69, 9.17) is 21.8 Å². The molecule has 0 radical (unpaired) electrons. The van der Waals surface area contributed by atoms with Gasteiger partial charge in [-0.05, 0) is 30.7 Å². The Labute approximate surface area is 103 Å². The van der Waals surface area contributed by atoms with Gasteiger partial charge in [0.1, 0.15) is 0 Å². The fourth-order valence-corrected chi connectivity index (χ4v) is 1.33. The normalized spacial score (nSPS) is 11.9. The van der Waals surface area contributed by atoms with E-state index in [2.05, 4.69) is 5.32 Å². The molecule has 0 unspecified atom stereocenters. The molecule has 0 aliphatic carbocycles. The van der Waals surface area contributed by atoms with E-state index in [1.165, 1.54) is 6.07 Å². The number of aliphatic hydroxyl groups is 1. The minimum absolute atomic E-state index is 0.298. The molecule has 5 nitrogen and oxygen atoms in total. The average molecular weight is 258 g/mol. The number of rotatable bonds is 4. The van der Waals surface area contributed by atoms with Crippen molar-refractivity contribution in [2.45, 2.75) is 13.0 Å². The van der Waals surface area contributed by atoms with Crippen LogP contribution in [-0.2, 0) is 4.79 Å². The number of amides is 1. The summed E-state index contributed by atoms with van der Waals surface area (Å²) in [6, 6.07) is 3.29. The average Bonchev–Trinajstić information content (AvgIpc) is 2.28. The molecule has 0 aliphatic heterocycles. The molecule has 0 bridgehead atoms. The number of halogens is 1. The third kappa shape index (κ3) is 3.44. The second kappa shape index (κ2) is 5.65. The zero-order valence-corrected chi connectivity index (χ0v) is 9.86. The molecular formula is C11H12ClNO4. The third-order valence-electron chi connectivity index (χ3n) is 2.21. The molecular weight excluding hydrogens is 246 g/mol. The van der Waals surface area contributed by atoms with Gasteiger partial charge in [-0.2, -0.15) is 0 Å². The van der Waals surface area contributed by atoms with Crippen LogP contribution in [0.25, 0.3) is 0 Å². The largest absolute Gasteiger partial charge is 0.480 e. The number of carboxylic acid groups (broad SMARTS) is 1. The molecule has 1 atom stereocenters. The van der Waals surface area contributed by atoms with E-state index in [0.29, 0.717) is 10.6 Å². The summed E-state index contributed by atoms with van der Waals surface area (Å²) >= 11 is 5.80. The molecule has 3 N–H and O–H groups in total. The topological polar surface area (TPSA) is 86.6 Å². The van der Waals surface area contributed by atoms with Crippen LogP contribution in [0.1, 0.15) is 15.9 Å². The van der Waals surface area contributed by atoms with Crippen molar-refractivity contribution in [2.75, 3.05) is 6.61 Å². The molecule has 0 saturated heterocycles. The number of nitrogens with one attached hydrogen (secondary N) is 1. The van der Waals surface area contributed by atoms with Gasteiger partial charge in [-0.25, -0.2) is 4.79 Å². The van der Waals surface area contributed by atoms with Crippen LogP contribution in [0.2, 0.25) is 5.02 Å². The van der Waals surface area contributed by atoms with E-state index in [0.717, 1.165) is 5.56 Å². The van der Waals surface area contributed by atoms with Crippen molar-refractivity contribution in [3.05, 3.63) is 34.3 Å². The van der Waals surface area contributed by atoms with E-state index in [-0.39, 0.29) is 0 Å². The number of aryl methyl sites for hydroxylation is 1. The van der Waals surface area contributed by atoms with Crippen LogP contribution in [0.5, 0.6) is 0 Å². The van der Waals surface area contributed by atoms with Gasteiger partial charge in [-0.3, -0.25) is 4.79 Å². The summed E-state index contributed by atoms with van der Waals surface area (Å²) in [5.74, 6) is -1.85. The molecule has 0 aromatic heterocycles. The van der Waals surface area contributed by atoms with Gasteiger partial charge >= 0.3 is 5.97 Å². The SMILES string of the molecule is Cc1cc(C(=O)N[C@@H](CO)C(=O)O)ccc1Cl. The molecule has 1 aromatic carbocycles. The van der Waals surface area contributed by atoms with Gasteiger partial charge in [-0.1, -0.05) is 11.6 Å². The van der Waals surface area contributed by atoms with Crippen LogP contribution < -0.4 is 5.32 Å². The number of aliphatic carboxylic acids is 1. The van der Waals surface area contributed by atoms with E-state index in [9.17, 15) is 9.59 Å². The maximum absolute atomic E-state index is 11.7. The highest BCUT2D eigenvalue weighted by atomic mass is 35.5. The molecule has 17 heavy (non-hydrogen) atoms. The van der Waals surface area contributed by atoms with Crippen LogP contribution >= 0.6 is 11.6 Å². The maximum Gasteiger partial charge on any atom is 0.328 e. The van der Waals surface area contributed by atoms with E-state index in [1.54, 1.807) is 19.1 Å². The first kappa shape index (κ1) is 13.5. The minimum atomic E-state index is -1.31. The molecule has 0 fully saturated rings. The zero-order chi connectivity index (χ0) is 13.0. The Morgan fingerprint density at radius 1 is 1.47 bits per heavy atom. The first-order valence-electron chi connectivity index (χ1n) is 4.86. The Bertz CT molecular complexity index is 447. The highest BCUT2D eigenvalue weighted by Gasteiger charge is 2.19. The third-order valence-corrected chi connectivity index (χ3v) is 2.63. The number of hydrogen-bond donors (Lipinski definition) is 3. The van der Waals surface area contributed by atoms with Crippen molar-refractivity contribution in [3.8, 4) is 0 Å². The first-order chi connectivity index (χ1) is 7.95. The number of benzene rings is 1. The summed E-state index contributed by atoms with van der Waals surface area (Å²) in [4.78, 5) is 22.3. The Morgan fingerprint density at radius 3 is 2.59 bits per heavy atom. The van der Waals surface area contributed by atoms with Gasteiger partial charge in [-0.15, -0.1) is 0 Å². The fourth-order valence-electron chi connectivity index (χ4n) is 1.21. The number of carboxylic acids is 1. The van der Waals surface area contributed by atoms with Crippen LogP contribution in [0.3, 0.4) is 0 Å². The predicted molar refractivity (Wildman–Crippen MR) is 62.2 cm³/mol. The number of carbonyl (C=O) groups excluding carboxylic acids is 1. The van der Waals surface area contributed by atoms with E-state index in [1.807, 2.05) is 0 Å². The summed E-state index contributed by atoms with van der Waals surface area (Å²) in [5, 5.41) is 20.2. The molecule has 0 heterocycles. The monoisotopic (exact) mass is 257 g/mol. The van der Waals surface area contributed by atoms with E-state index >= 15 is 0 Å². The van der Waals surface area contributed by atoms with Crippen LogP contribution in [0.4, 0.5) is 0 Å². The molecule has 0 saturated carbocycles. The highest BCUT2D eigenvalue weighted by molar-refractivity contribution is 6.31. The quantitative estimate of drug-likeness (QED) is 0.745. The van der Waals surface area contributed by atoms with Crippen molar-refractivity contribution >= 4 is 23.5 Å². The van der Waals surface area contributed by atoms with Crippen LogP contribution in [0.15, 0.2) is 18.2 Å². The Balaban J connectivity index is 2.82. The van der Waals surface area contributed by atoms with Crippen molar-refractivity contribution in [1.29, 1.82) is 0 Å². The Kier molecular flexibility index (Phi) is 4.48. The number of hydrogen-bond acceptors (Lipinski definition) is 3. The van der Waals surface area contributed by atoms with Gasteiger partial charge in [0.05, 0.1) is 6.61 Å². The minimum Gasteiger partial charge on any atom is -0.480 e. The Hall–Kier alpha value is -1.59. The first-order valence-corrected chi connectivity index (χ1v) is 5.24. The van der Waals surface area contributed by atoms with Crippen molar-refractivity contribution in [1.82, 2.24) is 5.32 Å². The summed E-state index contributed by atoms with van der Waals surface area (Å²) in [6.45, 7) is 1.08. The highest BCUT2D eigenvalue weighted by Crippen LogP contribution is 2.16. The summed E-state index contributed by atoms with van der Waals surface area (Å²) < 4.78 is 0. The van der Waals surface area contributed by atoms with Crippen molar-refractivity contribution in [3.63, 3.8) is 0 Å². The summed E-state index contributed by atoms with van der Waals surface area (Å²) in [5.41, 5.74) is 1.02. The second-order valence-corrected chi connectivity index (χ2v) is 3.92. The predicted octanol–water partition coefficient (Wildman–Crippen LogP) is 0.824. The molecule has 92 valence electrons. The van der Waals surface area contributed by atoms with Crippen LogP contribution in [-0.4, -0.2) is 34.7 Å². The van der Waals surface area contributed by atoms with Gasteiger partial charge in [0, 0.05) is 10.6 Å². The number of aliphatic hydroxyl groups excluding tert-OH is 1. The standard InChI is InChI=1S/C11H12ClNO4/c1-6-4-7(2-3-8(6)12)10(15)13-9(5-14)11(16)17/h2-4,9,14H,5H2,1H3,(H,13,15)(H,16,17)/t9-/m0/s1. The zero-order valence-electron chi connectivity index (χ0n) is 9.11. The lowest BCUT2D eigenvalue weighted by Gasteiger charge is -2.12. The maximum atomic E-state index is 11.7. The molecule has 1 rings (SSSR count). The smallest absolute Gasteiger partial charge is 0.328 e. The van der Waals surface area contributed by atoms with Crippen LogP contribution in [0, 0.1) is 6.92 Å². The summed E-state index contributed by atoms with van der Waals surface area (Å²) in [7, 11) is 0. The Morgan fingerprint density at radius 2 is 2.12 bits per heavy atom. The molecule has 0 aliphatic rings. The van der Waals surface area contributed by atoms with Gasteiger partial charge in [0.15, 0.2) is 6.04 Å². The molecule has 6 heteroatoms. The number of carbonyl (C=O) groups is 2. The summed E-state index contributed by atoms with van der Waals surface area (Å²) in [6.07, 6.45) is 0. The van der Waals surface area contributed by atoms with Gasteiger partial charge in [0.2, 0.25) is 0 Å². The van der Waals surface area contributed by atoms with Gasteiger partial charge in [0.25, 0.3) is 5.91 Å². The lowest BCUT2D eigenvalue weighted by molar-refractivity contribution is -0.140. The second-order valence-electron chi connectivity index (χ2n) is 3.51. The molecule has 0 spiro atoms. The van der Waals surface area contributed by atoms with Crippen molar-refractivity contribution in [2.24, 2.45) is 0 Å². The molecule has 1 amide bonds. The lowest BCUT2D eigenvalue weighted by Crippen LogP contribution is -2.43. The fraction of sp³-hybridized carbons (Fsp3) is 0.273. The van der Waals surface area contributed by atoms with E-state index < -0.39 is 24.5 Å². The van der Waals surface area contributed by atoms with Crippen molar-refractivity contribution < 1.29 is 19.8 Å². The van der Waals surface area contributed by atoms with Gasteiger partial charge < -0.3 is 15.5 Å². The molecule has 1 aromatic rings. The lowest BCUT2D eigenvalue weighted by atomic mass is 10.1.